The summed E-state index contributed by atoms with van der Waals surface area (Å²) in [5.74, 6) is 2.12. The Hall–Kier alpha value is -4.40. The lowest BCUT2D eigenvalue weighted by molar-refractivity contribution is -0.384. The molecule has 3 saturated carbocycles. The smallest absolute Gasteiger partial charge is 0.269 e. The average Bonchev–Trinajstić information content (AvgIpc) is 3.23. The molecule has 4 atom stereocenters. The highest BCUT2D eigenvalue weighted by molar-refractivity contribution is 6.06. The molecule has 3 aromatic rings. The molecular weight excluding hydrogens is 542 g/mol. The first-order valence-electron chi connectivity index (χ1n) is 15.0. The largest absolute Gasteiger partial charge is 0.357 e. The van der Waals surface area contributed by atoms with Crippen molar-refractivity contribution in [2.45, 2.75) is 52.0 Å². The molecule has 222 valence electrons. The van der Waals surface area contributed by atoms with Gasteiger partial charge in [0.05, 0.1) is 4.92 Å². The van der Waals surface area contributed by atoms with Crippen LogP contribution in [0.25, 0.3) is 0 Å². The van der Waals surface area contributed by atoms with Gasteiger partial charge in [0.1, 0.15) is 11.4 Å². The highest BCUT2D eigenvalue weighted by Gasteiger charge is 2.57. The molecule has 2 bridgehead atoms. The first-order valence-corrected chi connectivity index (χ1v) is 15.0. The Morgan fingerprint density at radius 2 is 1.58 bits per heavy atom. The Morgan fingerprint density at radius 3 is 2.09 bits per heavy atom. The van der Waals surface area contributed by atoms with Crippen molar-refractivity contribution in [1.82, 2.24) is 20.2 Å². The van der Waals surface area contributed by atoms with Gasteiger partial charge < -0.3 is 5.32 Å². The Bertz CT molecular complexity index is 1510. The molecular formula is C34H37N5O4. The van der Waals surface area contributed by atoms with E-state index in [1.165, 1.54) is 36.8 Å². The second-order valence-corrected chi connectivity index (χ2v) is 13.1. The number of ketones is 1. The molecule has 2 aromatic heterocycles. The Kier molecular flexibility index (Phi) is 7.36. The standard InChI is InChI=1S/C34H37N5O4/c1-22-26(16-27-17-29(22)33(27,2)3)21-38-31(18-30(40)25-4-6-28(7-5-25)39(42)43)37-34(32(38)41,19-23-8-12-35-13-9-23)20-24-10-14-36-15-11-24/h4-15,18,22,26-27,29,37H,16-17,19-21H2,1-3H3/b31-18-. The van der Waals surface area contributed by atoms with Crippen molar-refractivity contribution >= 4 is 17.4 Å². The summed E-state index contributed by atoms with van der Waals surface area (Å²) >= 11 is 0. The molecule has 1 aliphatic heterocycles. The van der Waals surface area contributed by atoms with Gasteiger partial charge >= 0.3 is 0 Å². The van der Waals surface area contributed by atoms with E-state index in [9.17, 15) is 19.7 Å². The fourth-order valence-corrected chi connectivity index (χ4v) is 7.72. The Labute approximate surface area is 251 Å². The third-order valence-corrected chi connectivity index (χ3v) is 10.4. The minimum Gasteiger partial charge on any atom is -0.357 e. The molecule has 4 aliphatic rings. The number of carbonyl (C=O) groups is 2. The topological polar surface area (TPSA) is 118 Å². The van der Waals surface area contributed by atoms with Crippen LogP contribution >= 0.6 is 0 Å². The minimum atomic E-state index is -1.02. The van der Waals surface area contributed by atoms with Crippen LogP contribution in [0.4, 0.5) is 5.69 Å². The van der Waals surface area contributed by atoms with Crippen LogP contribution < -0.4 is 5.32 Å². The molecule has 1 N–H and O–H groups in total. The lowest BCUT2D eigenvalue weighted by Gasteiger charge is -2.62. The van der Waals surface area contributed by atoms with Gasteiger partial charge in [-0.1, -0.05) is 20.8 Å². The Balaban J connectivity index is 1.37. The number of nitro benzene ring substituents is 1. The van der Waals surface area contributed by atoms with Gasteiger partial charge in [-0.25, -0.2) is 0 Å². The number of allylic oxidation sites excluding steroid dienone is 1. The number of amides is 1. The van der Waals surface area contributed by atoms with Crippen LogP contribution in [-0.2, 0) is 17.6 Å². The second kappa shape index (κ2) is 11.0. The van der Waals surface area contributed by atoms with E-state index in [1.807, 2.05) is 24.3 Å². The lowest BCUT2D eigenvalue weighted by Crippen LogP contribution is -2.57. The summed E-state index contributed by atoms with van der Waals surface area (Å²) < 4.78 is 0. The van der Waals surface area contributed by atoms with E-state index in [1.54, 1.807) is 29.7 Å². The number of fused-ring (bicyclic) bond motifs is 2. The SMILES string of the molecule is CC1C(CN2C(=O)C(Cc3ccncc3)(Cc3ccncc3)N/C2=C/C(=O)c2ccc([N+](=O)[O-])cc2)CC2CC1C2(C)C. The number of benzene rings is 1. The number of nitrogens with zero attached hydrogens (tertiary/aromatic N) is 4. The molecule has 1 amide bonds. The molecule has 9 heteroatoms. The van der Waals surface area contributed by atoms with Crippen LogP contribution in [-0.4, -0.2) is 43.6 Å². The number of nitrogens with one attached hydrogen (secondary N) is 1. The normalized spacial score (nSPS) is 26.1. The summed E-state index contributed by atoms with van der Waals surface area (Å²) in [4.78, 5) is 49.0. The maximum atomic E-state index is 14.7. The molecule has 4 fully saturated rings. The minimum absolute atomic E-state index is 0.0606. The maximum absolute atomic E-state index is 14.7. The molecule has 43 heavy (non-hydrogen) atoms. The number of nitro groups is 1. The lowest BCUT2D eigenvalue weighted by atomic mass is 9.43. The van der Waals surface area contributed by atoms with E-state index in [4.69, 9.17) is 0 Å². The van der Waals surface area contributed by atoms with Crippen molar-refractivity contribution in [3.63, 3.8) is 0 Å². The van der Waals surface area contributed by atoms with Crippen molar-refractivity contribution in [2.24, 2.45) is 29.1 Å². The van der Waals surface area contributed by atoms with Gasteiger partial charge in [0, 0.05) is 67.9 Å². The number of pyridine rings is 2. The van der Waals surface area contributed by atoms with Crippen molar-refractivity contribution in [3.8, 4) is 0 Å². The monoisotopic (exact) mass is 579 g/mol. The van der Waals surface area contributed by atoms with Gasteiger partial charge in [-0.3, -0.25) is 34.6 Å². The molecule has 3 heterocycles. The molecule has 7 rings (SSSR count). The number of hydrogen-bond donors (Lipinski definition) is 1. The quantitative estimate of drug-likeness (QED) is 0.156. The van der Waals surface area contributed by atoms with Crippen LogP contribution in [0.3, 0.4) is 0 Å². The number of rotatable bonds is 9. The van der Waals surface area contributed by atoms with Crippen molar-refractivity contribution in [3.05, 3.63) is 112 Å². The zero-order chi connectivity index (χ0) is 30.4. The van der Waals surface area contributed by atoms with Crippen molar-refractivity contribution in [1.29, 1.82) is 0 Å². The van der Waals surface area contributed by atoms with Gasteiger partial charge in [0.2, 0.25) is 0 Å². The average molecular weight is 580 g/mol. The number of carbonyl (C=O) groups excluding carboxylic acids is 2. The summed E-state index contributed by atoms with van der Waals surface area (Å²) in [6.45, 7) is 7.57. The van der Waals surface area contributed by atoms with Crippen LogP contribution in [0.5, 0.6) is 0 Å². The maximum Gasteiger partial charge on any atom is 0.269 e. The third kappa shape index (κ3) is 5.32. The number of hydrogen-bond acceptors (Lipinski definition) is 7. The molecule has 0 spiro atoms. The second-order valence-electron chi connectivity index (χ2n) is 13.1. The van der Waals surface area contributed by atoms with E-state index in [-0.39, 0.29) is 17.4 Å². The summed E-state index contributed by atoms with van der Waals surface area (Å²) in [5, 5.41) is 14.7. The summed E-state index contributed by atoms with van der Waals surface area (Å²) in [6, 6.07) is 13.2. The fourth-order valence-electron chi connectivity index (χ4n) is 7.72. The summed E-state index contributed by atoms with van der Waals surface area (Å²) in [7, 11) is 0. The predicted molar refractivity (Wildman–Crippen MR) is 162 cm³/mol. The van der Waals surface area contributed by atoms with Gasteiger partial charge in [-0.2, -0.15) is 0 Å². The summed E-state index contributed by atoms with van der Waals surface area (Å²) in [6.07, 6.45) is 11.5. The van der Waals surface area contributed by atoms with Gasteiger partial charge in [0.15, 0.2) is 5.78 Å². The molecule has 9 nitrogen and oxygen atoms in total. The highest BCUT2D eigenvalue weighted by atomic mass is 16.6. The van der Waals surface area contributed by atoms with Crippen LogP contribution in [0.15, 0.2) is 85.2 Å². The summed E-state index contributed by atoms with van der Waals surface area (Å²) in [5.41, 5.74) is 1.46. The third-order valence-electron chi connectivity index (χ3n) is 10.4. The zero-order valence-corrected chi connectivity index (χ0v) is 24.8. The van der Waals surface area contributed by atoms with E-state index < -0.39 is 10.5 Å². The fraction of sp³-hybridized carbons (Fsp3) is 0.412. The number of aromatic nitrogens is 2. The first-order chi connectivity index (χ1) is 20.6. The van der Waals surface area contributed by atoms with Crippen LogP contribution in [0.2, 0.25) is 0 Å². The van der Waals surface area contributed by atoms with Gasteiger partial charge in [-0.15, -0.1) is 0 Å². The van der Waals surface area contributed by atoms with Crippen molar-refractivity contribution < 1.29 is 14.5 Å². The van der Waals surface area contributed by atoms with Gasteiger partial charge in [0.25, 0.3) is 11.6 Å². The van der Waals surface area contributed by atoms with Crippen LogP contribution in [0.1, 0.15) is 55.1 Å². The molecule has 1 aromatic carbocycles. The molecule has 3 aliphatic carbocycles. The molecule has 0 radical (unpaired) electrons. The Morgan fingerprint density at radius 1 is 1.00 bits per heavy atom. The highest BCUT2D eigenvalue weighted by Crippen LogP contribution is 2.63. The number of non-ortho nitro benzene ring substituents is 1. The van der Waals surface area contributed by atoms with Crippen LogP contribution in [0, 0.1) is 39.2 Å². The zero-order valence-electron chi connectivity index (χ0n) is 24.8. The van der Waals surface area contributed by atoms with E-state index >= 15 is 0 Å². The van der Waals surface area contributed by atoms with Crippen molar-refractivity contribution in [2.75, 3.05) is 6.54 Å². The van der Waals surface area contributed by atoms with E-state index in [2.05, 4.69) is 36.1 Å². The predicted octanol–water partition coefficient (Wildman–Crippen LogP) is 5.38. The van der Waals surface area contributed by atoms with Gasteiger partial charge in [-0.05, 0) is 89.5 Å². The molecule has 1 saturated heterocycles. The first kappa shape index (κ1) is 28.7. The van der Waals surface area contributed by atoms with E-state index in [0.29, 0.717) is 59.9 Å². The molecule has 4 unspecified atom stereocenters. The van der Waals surface area contributed by atoms with E-state index in [0.717, 1.165) is 17.5 Å².